The monoisotopic (exact) mass is 352 g/mol. The van der Waals surface area contributed by atoms with Crippen molar-refractivity contribution in [3.63, 3.8) is 0 Å². The van der Waals surface area contributed by atoms with Crippen LogP contribution in [-0.4, -0.2) is 60.2 Å². The first-order valence-electron chi connectivity index (χ1n) is 8.67. The number of carbonyl (C=O) groups is 1. The van der Waals surface area contributed by atoms with E-state index in [1.54, 1.807) is 12.0 Å². The zero-order valence-electron chi connectivity index (χ0n) is 15.0. The van der Waals surface area contributed by atoms with Gasteiger partial charge in [0.15, 0.2) is 11.5 Å². The number of likely N-dealkylation sites (tertiary alicyclic amines) is 1. The number of ether oxygens (including phenoxy) is 2. The first-order valence-corrected chi connectivity index (χ1v) is 8.67. The van der Waals surface area contributed by atoms with Crippen LogP contribution in [0.5, 0.6) is 11.5 Å². The Hall–Kier alpha value is -1.99. The van der Waals surface area contributed by atoms with Crippen LogP contribution < -0.4 is 14.8 Å². The molecule has 0 radical (unpaired) electrons. The molecule has 1 aromatic rings. The van der Waals surface area contributed by atoms with Crippen molar-refractivity contribution in [2.45, 2.75) is 38.3 Å². The van der Waals surface area contributed by atoms with Crippen molar-refractivity contribution in [2.75, 3.05) is 33.4 Å². The van der Waals surface area contributed by atoms with Crippen LogP contribution in [0.25, 0.3) is 0 Å². The van der Waals surface area contributed by atoms with Crippen molar-refractivity contribution in [3.05, 3.63) is 23.8 Å². The van der Waals surface area contributed by atoms with Gasteiger partial charge >= 0.3 is 6.03 Å². The number of methoxy groups -OCH3 is 1. The molecular weight excluding hydrogens is 324 g/mol. The van der Waals surface area contributed by atoms with Gasteiger partial charge in [-0.15, -0.1) is 0 Å². The number of para-hydroxylation sites is 1. The molecule has 3 N–H and O–H groups in total. The molecule has 1 fully saturated rings. The van der Waals surface area contributed by atoms with Gasteiger partial charge in [0, 0.05) is 25.2 Å². The number of hydrogen-bond acceptors (Lipinski definition) is 5. The number of aliphatic hydroxyl groups excluding tert-OH is 1. The van der Waals surface area contributed by atoms with Crippen LogP contribution in [0.3, 0.4) is 0 Å². The summed E-state index contributed by atoms with van der Waals surface area (Å²) in [4.78, 5) is 14.1. The van der Waals surface area contributed by atoms with E-state index in [2.05, 4.69) is 5.32 Å². The van der Waals surface area contributed by atoms with E-state index in [1.807, 2.05) is 25.1 Å². The van der Waals surface area contributed by atoms with Gasteiger partial charge in [0.25, 0.3) is 0 Å². The molecule has 1 atom stereocenters. The number of rotatable bonds is 6. The number of nitrogens with zero attached hydrogens (tertiary/aromatic N) is 1. The van der Waals surface area contributed by atoms with Crippen LogP contribution in [0.4, 0.5) is 4.79 Å². The number of hydrogen-bond donors (Lipinski definition) is 3. The van der Waals surface area contributed by atoms with Gasteiger partial charge in [0.1, 0.15) is 0 Å². The number of amides is 2. The van der Waals surface area contributed by atoms with Crippen molar-refractivity contribution >= 4 is 6.03 Å². The molecule has 0 aromatic heterocycles. The molecule has 1 aromatic carbocycles. The topological polar surface area (TPSA) is 91.3 Å². The average molecular weight is 352 g/mol. The van der Waals surface area contributed by atoms with E-state index in [0.717, 1.165) is 5.56 Å². The average Bonchev–Trinajstić information content (AvgIpc) is 2.83. The van der Waals surface area contributed by atoms with E-state index >= 15 is 0 Å². The zero-order valence-corrected chi connectivity index (χ0v) is 15.0. The summed E-state index contributed by atoms with van der Waals surface area (Å²) in [7, 11) is 1.58. The highest BCUT2D eigenvalue weighted by Crippen LogP contribution is 2.31. The Morgan fingerprint density at radius 3 is 2.84 bits per heavy atom. The van der Waals surface area contributed by atoms with Crippen molar-refractivity contribution < 1.29 is 24.5 Å². The minimum absolute atomic E-state index is 0.188. The van der Waals surface area contributed by atoms with E-state index < -0.39 is 5.60 Å². The molecule has 7 nitrogen and oxygen atoms in total. The molecule has 0 bridgehead atoms. The first kappa shape index (κ1) is 19.3. The Kier molecular flexibility index (Phi) is 6.90. The van der Waals surface area contributed by atoms with E-state index in [0.29, 0.717) is 57.0 Å². The molecule has 1 saturated heterocycles. The summed E-state index contributed by atoms with van der Waals surface area (Å²) >= 11 is 0. The highest BCUT2D eigenvalue weighted by molar-refractivity contribution is 5.74. The van der Waals surface area contributed by atoms with Gasteiger partial charge in [0.2, 0.25) is 0 Å². The predicted octanol–water partition coefficient (Wildman–Crippen LogP) is 1.51. The normalized spacial score (nSPS) is 20.7. The van der Waals surface area contributed by atoms with Crippen molar-refractivity contribution in [1.82, 2.24) is 10.2 Å². The second-order valence-electron chi connectivity index (χ2n) is 6.26. The van der Waals surface area contributed by atoms with E-state index in [1.165, 1.54) is 0 Å². The first-order chi connectivity index (χ1) is 12.0. The molecular formula is C18H28N2O5. The largest absolute Gasteiger partial charge is 0.493 e. The summed E-state index contributed by atoms with van der Waals surface area (Å²) in [6, 6.07) is 5.38. The standard InChI is InChI=1S/C18H28N2O5/c1-3-25-16-14(6-4-7-15(16)24-2)12-19-17(22)20-10-5-8-18(23,13-21)9-11-20/h4,6-7,21,23H,3,5,8-13H2,1-2H3,(H,19,22)/t18-/m0/s1. The minimum atomic E-state index is -1.08. The lowest BCUT2D eigenvalue weighted by Gasteiger charge is -2.24. The SMILES string of the molecule is CCOc1c(CNC(=O)N2CCC[C@@](O)(CO)CC2)cccc1OC. The summed E-state index contributed by atoms with van der Waals surface area (Å²) < 4.78 is 11.0. The van der Waals surface area contributed by atoms with Crippen molar-refractivity contribution in [3.8, 4) is 11.5 Å². The highest BCUT2D eigenvalue weighted by Gasteiger charge is 2.30. The van der Waals surface area contributed by atoms with Crippen LogP contribution >= 0.6 is 0 Å². The molecule has 7 heteroatoms. The second-order valence-corrected chi connectivity index (χ2v) is 6.26. The molecule has 1 aliphatic rings. The Morgan fingerprint density at radius 2 is 2.16 bits per heavy atom. The van der Waals surface area contributed by atoms with Crippen LogP contribution in [0.15, 0.2) is 18.2 Å². The quantitative estimate of drug-likeness (QED) is 0.722. The van der Waals surface area contributed by atoms with E-state index in [4.69, 9.17) is 9.47 Å². The lowest BCUT2D eigenvalue weighted by atomic mass is 9.96. The van der Waals surface area contributed by atoms with Gasteiger partial charge in [-0.3, -0.25) is 0 Å². The Morgan fingerprint density at radius 1 is 1.36 bits per heavy atom. The maximum Gasteiger partial charge on any atom is 0.317 e. The molecule has 1 heterocycles. The summed E-state index contributed by atoms with van der Waals surface area (Å²) in [6.07, 6.45) is 1.53. The van der Waals surface area contributed by atoms with Crippen LogP contribution in [0, 0.1) is 0 Å². The lowest BCUT2D eigenvalue weighted by molar-refractivity contribution is -0.0248. The zero-order chi connectivity index (χ0) is 18.3. The summed E-state index contributed by atoms with van der Waals surface area (Å²) in [5, 5.41) is 22.4. The number of aliphatic hydroxyl groups is 2. The smallest absolute Gasteiger partial charge is 0.317 e. The van der Waals surface area contributed by atoms with Gasteiger partial charge < -0.3 is 29.9 Å². The van der Waals surface area contributed by atoms with Crippen LogP contribution in [-0.2, 0) is 6.54 Å². The number of benzene rings is 1. The molecule has 0 saturated carbocycles. The highest BCUT2D eigenvalue weighted by atomic mass is 16.5. The molecule has 2 amide bonds. The molecule has 0 spiro atoms. The third-order valence-corrected chi connectivity index (χ3v) is 4.50. The minimum Gasteiger partial charge on any atom is -0.493 e. The van der Waals surface area contributed by atoms with E-state index in [9.17, 15) is 15.0 Å². The summed E-state index contributed by atoms with van der Waals surface area (Å²) in [5.41, 5.74) is -0.236. The van der Waals surface area contributed by atoms with Crippen LogP contribution in [0.1, 0.15) is 31.7 Å². The molecule has 25 heavy (non-hydrogen) atoms. The molecule has 0 unspecified atom stereocenters. The Labute approximate surface area is 148 Å². The third-order valence-electron chi connectivity index (χ3n) is 4.50. The fourth-order valence-corrected chi connectivity index (χ4v) is 2.99. The van der Waals surface area contributed by atoms with Gasteiger partial charge in [-0.05, 0) is 32.3 Å². The number of carbonyl (C=O) groups excluding carboxylic acids is 1. The number of urea groups is 1. The molecule has 140 valence electrons. The maximum absolute atomic E-state index is 12.4. The van der Waals surface area contributed by atoms with Gasteiger partial charge in [-0.2, -0.15) is 0 Å². The second kappa shape index (κ2) is 8.92. The molecule has 1 aliphatic heterocycles. The Bertz CT molecular complexity index is 581. The van der Waals surface area contributed by atoms with Crippen molar-refractivity contribution in [2.24, 2.45) is 0 Å². The van der Waals surface area contributed by atoms with Gasteiger partial charge in [-0.1, -0.05) is 12.1 Å². The predicted molar refractivity (Wildman–Crippen MR) is 93.9 cm³/mol. The fraction of sp³-hybridized carbons (Fsp3) is 0.611. The maximum atomic E-state index is 12.4. The number of nitrogens with one attached hydrogen (secondary N) is 1. The van der Waals surface area contributed by atoms with Gasteiger partial charge in [0.05, 0.1) is 25.9 Å². The van der Waals surface area contributed by atoms with E-state index in [-0.39, 0.29) is 12.6 Å². The van der Waals surface area contributed by atoms with Crippen molar-refractivity contribution in [1.29, 1.82) is 0 Å². The summed E-state index contributed by atoms with van der Waals surface area (Å²) in [5.74, 6) is 1.27. The van der Waals surface area contributed by atoms with Gasteiger partial charge in [-0.25, -0.2) is 4.79 Å². The molecule has 0 aliphatic carbocycles. The summed E-state index contributed by atoms with van der Waals surface area (Å²) in [6.45, 7) is 3.43. The fourth-order valence-electron chi connectivity index (χ4n) is 2.99. The lowest BCUT2D eigenvalue weighted by Crippen LogP contribution is -2.41. The third kappa shape index (κ3) is 4.99. The molecule has 2 rings (SSSR count). The van der Waals surface area contributed by atoms with Crippen LogP contribution in [0.2, 0.25) is 0 Å². The Balaban J connectivity index is 1.98.